The van der Waals surface area contributed by atoms with E-state index in [1.807, 2.05) is 24.4 Å². The molecule has 0 aromatic heterocycles. The number of nitrogens with one attached hydrogen (secondary N) is 1. The quantitative estimate of drug-likeness (QED) is 0.245. The van der Waals surface area contributed by atoms with Gasteiger partial charge in [0.25, 0.3) is 0 Å². The molecule has 4 atom stereocenters. The first-order chi connectivity index (χ1) is 14.9. The minimum atomic E-state index is -0.107. The maximum absolute atomic E-state index is 6.58. The molecule has 1 heterocycles. The van der Waals surface area contributed by atoms with Crippen molar-refractivity contribution < 1.29 is 4.74 Å². The van der Waals surface area contributed by atoms with E-state index in [1.165, 1.54) is 11.1 Å². The van der Waals surface area contributed by atoms with Gasteiger partial charge in [0.05, 0.1) is 0 Å². The van der Waals surface area contributed by atoms with Crippen LogP contribution in [0.4, 0.5) is 0 Å². The first-order valence-corrected chi connectivity index (χ1v) is 11.3. The van der Waals surface area contributed by atoms with Gasteiger partial charge in [0.1, 0.15) is 11.9 Å². The van der Waals surface area contributed by atoms with Gasteiger partial charge in [-0.15, -0.1) is 19.7 Å². The number of hydrogen-bond acceptors (Lipinski definition) is 2. The molecule has 2 nitrogen and oxygen atoms in total. The van der Waals surface area contributed by atoms with Crippen molar-refractivity contribution in [2.45, 2.75) is 52.1 Å². The molecule has 2 aliphatic rings. The second-order valence-corrected chi connectivity index (χ2v) is 8.44. The molecule has 0 fully saturated rings. The lowest BCUT2D eigenvalue weighted by Gasteiger charge is -2.29. The van der Waals surface area contributed by atoms with Crippen molar-refractivity contribution in [3.63, 3.8) is 0 Å². The zero-order chi connectivity index (χ0) is 22.9. The van der Waals surface area contributed by atoms with E-state index in [0.29, 0.717) is 0 Å². The Hall–Kier alpha value is -2.74. The van der Waals surface area contributed by atoms with Crippen LogP contribution in [-0.2, 0) is 4.74 Å². The molecule has 0 aromatic rings. The summed E-state index contributed by atoms with van der Waals surface area (Å²) < 4.78 is 6.58. The molecule has 0 saturated heterocycles. The van der Waals surface area contributed by atoms with Crippen LogP contribution in [0.15, 0.2) is 110 Å². The monoisotopic (exact) mass is 417 g/mol. The molecule has 2 heteroatoms. The predicted octanol–water partition coefficient (Wildman–Crippen LogP) is 7.71. The van der Waals surface area contributed by atoms with Crippen molar-refractivity contribution in [3.05, 3.63) is 110 Å². The van der Waals surface area contributed by atoms with Crippen LogP contribution in [0.5, 0.6) is 0 Å². The fourth-order valence-corrected chi connectivity index (χ4v) is 4.46. The Labute approximate surface area is 189 Å². The van der Waals surface area contributed by atoms with Crippen LogP contribution >= 0.6 is 0 Å². The SMILES string of the molecule is C=CCC(C=C)C1=CCCC2=C1OC(CC)[C@]2(C)/C=C/C(C=C)C/C=C/NC(=C)C=C. The van der Waals surface area contributed by atoms with Gasteiger partial charge in [-0.05, 0) is 68.4 Å². The van der Waals surface area contributed by atoms with Crippen LogP contribution in [-0.4, -0.2) is 6.10 Å². The standard InChI is InChI=1S/C29H39NO/c1-8-15-24(11-4)25-17-13-18-26-28(25)31-27(12-5)29(26,7)20-19-23(10-3)16-14-21-30-22(6)9-2/h8-11,14,17,19-21,23-24,27,30H,1-4,6,12-13,15-16,18H2,5,7H3/b20-19+,21-14+/t23?,24?,27?,29-/m1/s1. The lowest BCUT2D eigenvalue weighted by Crippen LogP contribution is -2.28. The van der Waals surface area contributed by atoms with Gasteiger partial charge in [0.2, 0.25) is 0 Å². The first kappa shape index (κ1) is 24.5. The van der Waals surface area contributed by atoms with Crippen molar-refractivity contribution in [1.29, 1.82) is 0 Å². The van der Waals surface area contributed by atoms with Gasteiger partial charge >= 0.3 is 0 Å². The first-order valence-electron chi connectivity index (χ1n) is 11.3. The Balaban J connectivity index is 2.25. The molecule has 1 aliphatic heterocycles. The number of ether oxygens (including phenoxy) is 1. The van der Waals surface area contributed by atoms with Crippen LogP contribution in [0.3, 0.4) is 0 Å². The van der Waals surface area contributed by atoms with Gasteiger partial charge in [0.15, 0.2) is 0 Å². The van der Waals surface area contributed by atoms with Crippen molar-refractivity contribution in [2.24, 2.45) is 17.3 Å². The van der Waals surface area contributed by atoms with Crippen molar-refractivity contribution in [2.75, 3.05) is 0 Å². The van der Waals surface area contributed by atoms with E-state index in [0.717, 1.165) is 43.6 Å². The smallest absolute Gasteiger partial charge is 0.123 e. The molecule has 0 aromatic carbocycles. The molecule has 2 rings (SSSR count). The maximum atomic E-state index is 6.58. The van der Waals surface area contributed by atoms with Gasteiger partial charge in [-0.25, -0.2) is 0 Å². The molecular weight excluding hydrogens is 378 g/mol. The summed E-state index contributed by atoms with van der Waals surface area (Å²) in [5.74, 6) is 1.61. The highest BCUT2D eigenvalue weighted by Crippen LogP contribution is 2.52. The highest BCUT2D eigenvalue weighted by Gasteiger charge is 2.46. The van der Waals surface area contributed by atoms with Crippen molar-refractivity contribution in [3.8, 4) is 0 Å². The Bertz CT molecular complexity index is 822. The average Bonchev–Trinajstić information content (AvgIpc) is 3.08. The highest BCUT2D eigenvalue weighted by atomic mass is 16.5. The second-order valence-electron chi connectivity index (χ2n) is 8.44. The zero-order valence-corrected chi connectivity index (χ0v) is 19.4. The van der Waals surface area contributed by atoms with E-state index < -0.39 is 0 Å². The van der Waals surface area contributed by atoms with Crippen molar-refractivity contribution in [1.82, 2.24) is 5.32 Å². The molecule has 1 N–H and O–H groups in total. The third-order valence-corrected chi connectivity index (χ3v) is 6.38. The normalized spacial score (nSPS) is 24.8. The van der Waals surface area contributed by atoms with E-state index in [2.05, 4.69) is 76.4 Å². The van der Waals surface area contributed by atoms with E-state index in [1.54, 1.807) is 6.08 Å². The molecule has 31 heavy (non-hydrogen) atoms. The lowest BCUT2D eigenvalue weighted by atomic mass is 9.72. The predicted molar refractivity (Wildman–Crippen MR) is 135 cm³/mol. The van der Waals surface area contributed by atoms with E-state index >= 15 is 0 Å². The van der Waals surface area contributed by atoms with E-state index in [4.69, 9.17) is 4.74 Å². The van der Waals surface area contributed by atoms with Crippen LogP contribution in [0, 0.1) is 17.3 Å². The van der Waals surface area contributed by atoms with Crippen LogP contribution in [0.1, 0.15) is 46.0 Å². The molecule has 3 unspecified atom stereocenters. The Morgan fingerprint density at radius 1 is 1.26 bits per heavy atom. The summed E-state index contributed by atoms with van der Waals surface area (Å²) in [7, 11) is 0. The van der Waals surface area contributed by atoms with Crippen LogP contribution < -0.4 is 5.32 Å². The fraction of sp³-hybridized carbons (Fsp3) is 0.379. The summed E-state index contributed by atoms with van der Waals surface area (Å²) in [4.78, 5) is 0. The van der Waals surface area contributed by atoms with Gasteiger partial charge in [-0.1, -0.05) is 62.6 Å². The summed E-state index contributed by atoms with van der Waals surface area (Å²) in [6.45, 7) is 24.1. The third-order valence-electron chi connectivity index (χ3n) is 6.38. The molecular formula is C29H39NO. The Morgan fingerprint density at radius 2 is 2.03 bits per heavy atom. The highest BCUT2D eigenvalue weighted by molar-refractivity contribution is 5.46. The largest absolute Gasteiger partial charge is 0.489 e. The number of allylic oxidation sites excluding steroid dienone is 8. The van der Waals surface area contributed by atoms with E-state index in [-0.39, 0.29) is 23.4 Å². The van der Waals surface area contributed by atoms with Gasteiger partial charge < -0.3 is 10.1 Å². The number of hydrogen-bond donors (Lipinski definition) is 1. The second kappa shape index (κ2) is 11.6. The Kier molecular flexibility index (Phi) is 9.18. The minimum absolute atomic E-state index is 0.107. The number of rotatable bonds is 13. The summed E-state index contributed by atoms with van der Waals surface area (Å²) in [6, 6.07) is 0. The molecule has 1 aliphatic carbocycles. The Morgan fingerprint density at radius 3 is 2.65 bits per heavy atom. The summed E-state index contributed by atoms with van der Waals surface area (Å²) in [5.41, 5.74) is 3.39. The minimum Gasteiger partial charge on any atom is -0.489 e. The van der Waals surface area contributed by atoms with Crippen molar-refractivity contribution >= 4 is 0 Å². The van der Waals surface area contributed by atoms with Crippen LogP contribution in [0.25, 0.3) is 0 Å². The molecule has 0 bridgehead atoms. The molecule has 0 amide bonds. The third kappa shape index (κ3) is 5.70. The van der Waals surface area contributed by atoms with Crippen LogP contribution in [0.2, 0.25) is 0 Å². The molecule has 0 radical (unpaired) electrons. The van der Waals surface area contributed by atoms with Gasteiger partial charge in [-0.3, -0.25) is 0 Å². The topological polar surface area (TPSA) is 21.3 Å². The average molecular weight is 418 g/mol. The molecule has 166 valence electrons. The zero-order valence-electron chi connectivity index (χ0n) is 19.4. The molecule has 0 saturated carbocycles. The maximum Gasteiger partial charge on any atom is 0.123 e. The summed E-state index contributed by atoms with van der Waals surface area (Å²) in [5, 5.41) is 3.10. The van der Waals surface area contributed by atoms with E-state index in [9.17, 15) is 0 Å². The summed E-state index contributed by atoms with van der Waals surface area (Å²) in [6.07, 6.45) is 23.6. The fourth-order valence-electron chi connectivity index (χ4n) is 4.46. The molecule has 0 spiro atoms. The lowest BCUT2D eigenvalue weighted by molar-refractivity contribution is 0.0884. The summed E-state index contributed by atoms with van der Waals surface area (Å²) >= 11 is 0. The van der Waals surface area contributed by atoms with Gasteiger partial charge in [-0.2, -0.15) is 0 Å². The van der Waals surface area contributed by atoms with Gasteiger partial charge in [0, 0.05) is 17.0 Å².